The molecule has 0 saturated carbocycles. The third kappa shape index (κ3) is 5.46. The fourth-order valence-corrected chi connectivity index (χ4v) is 4.72. The molecule has 0 fully saturated rings. The maximum atomic E-state index is 4.88. The summed E-state index contributed by atoms with van der Waals surface area (Å²) < 4.78 is 1.07. The van der Waals surface area contributed by atoms with Crippen molar-refractivity contribution in [1.82, 2.24) is 15.0 Å². The van der Waals surface area contributed by atoms with Gasteiger partial charge in [0, 0.05) is 21.2 Å². The van der Waals surface area contributed by atoms with E-state index >= 15 is 0 Å². The topological polar surface area (TPSA) is 38.7 Å². The Morgan fingerprint density at radius 1 is 0.342 bits per heavy atom. The van der Waals surface area contributed by atoms with Crippen molar-refractivity contribution in [3.05, 3.63) is 138 Å². The molecule has 0 atom stereocenters. The largest absolute Gasteiger partial charge is 0.208 e. The van der Waals surface area contributed by atoms with Crippen molar-refractivity contribution in [1.29, 1.82) is 0 Å². The normalized spacial score (nSPS) is 10.6. The van der Waals surface area contributed by atoms with E-state index in [0.717, 1.165) is 32.3 Å². The average Bonchev–Trinajstić information content (AvgIpc) is 2.98. The Labute approximate surface area is 232 Å². The van der Waals surface area contributed by atoms with Crippen LogP contribution in [0.4, 0.5) is 0 Å². The van der Waals surface area contributed by atoms with E-state index in [4.69, 9.17) is 15.0 Å². The fraction of sp³-hybridized carbons (Fsp3) is 0.0294. The monoisotopic (exact) mass is 555 g/mol. The number of nitrogens with zero attached hydrogens (tertiary/aromatic N) is 3. The summed E-state index contributed by atoms with van der Waals surface area (Å²) in [5.41, 5.74) is 7.45. The van der Waals surface area contributed by atoms with E-state index in [1.54, 1.807) is 0 Å². The lowest BCUT2D eigenvalue weighted by Gasteiger charge is -2.10. The standard InChI is InChI=1S/C33H22BrN3.CH4/c34-30-19-9-17-28(22-30)26-15-7-14-25(20-26)27-16-8-18-29(21-27)33-36-31(23-10-3-1-4-11-23)35-32(37-33)24-12-5-2-6-13-24;/h1-22H;1H4. The summed E-state index contributed by atoms with van der Waals surface area (Å²) >= 11 is 3.58. The van der Waals surface area contributed by atoms with E-state index in [2.05, 4.69) is 82.7 Å². The van der Waals surface area contributed by atoms with E-state index in [1.165, 1.54) is 11.1 Å². The van der Waals surface area contributed by atoms with Crippen molar-refractivity contribution in [3.63, 3.8) is 0 Å². The molecule has 0 radical (unpaired) electrons. The summed E-state index contributed by atoms with van der Waals surface area (Å²) in [6, 6.07) is 45.4. The van der Waals surface area contributed by atoms with Gasteiger partial charge in [0.05, 0.1) is 0 Å². The Morgan fingerprint density at radius 2 is 0.684 bits per heavy atom. The number of benzene rings is 5. The molecule has 0 spiro atoms. The highest BCUT2D eigenvalue weighted by Crippen LogP contribution is 2.31. The summed E-state index contributed by atoms with van der Waals surface area (Å²) in [5, 5.41) is 0. The second kappa shape index (κ2) is 11.3. The van der Waals surface area contributed by atoms with Crippen molar-refractivity contribution in [3.8, 4) is 56.4 Å². The van der Waals surface area contributed by atoms with Crippen LogP contribution in [0.3, 0.4) is 0 Å². The molecule has 0 unspecified atom stereocenters. The molecule has 0 aliphatic carbocycles. The molecule has 0 aliphatic heterocycles. The van der Waals surface area contributed by atoms with Gasteiger partial charge in [-0.3, -0.25) is 0 Å². The second-order valence-electron chi connectivity index (χ2n) is 8.71. The smallest absolute Gasteiger partial charge is 0.164 e. The Balaban J connectivity index is 0.00000294. The average molecular weight is 557 g/mol. The molecule has 0 amide bonds. The number of aromatic nitrogens is 3. The van der Waals surface area contributed by atoms with E-state index < -0.39 is 0 Å². The van der Waals surface area contributed by atoms with Crippen molar-refractivity contribution in [2.24, 2.45) is 0 Å². The highest BCUT2D eigenvalue weighted by molar-refractivity contribution is 9.10. The third-order valence-electron chi connectivity index (χ3n) is 6.17. The number of rotatable bonds is 5. The summed E-state index contributed by atoms with van der Waals surface area (Å²) in [6.45, 7) is 0. The molecule has 0 saturated heterocycles. The van der Waals surface area contributed by atoms with E-state index in [0.29, 0.717) is 17.5 Å². The molecule has 0 bridgehead atoms. The first-order valence-corrected chi connectivity index (χ1v) is 12.9. The minimum Gasteiger partial charge on any atom is -0.208 e. The van der Waals surface area contributed by atoms with E-state index in [1.807, 2.05) is 66.7 Å². The lowest BCUT2D eigenvalue weighted by molar-refractivity contribution is 1.07. The van der Waals surface area contributed by atoms with Crippen molar-refractivity contribution >= 4 is 15.9 Å². The van der Waals surface area contributed by atoms with Crippen LogP contribution in [0.2, 0.25) is 0 Å². The van der Waals surface area contributed by atoms with Crippen LogP contribution in [0.1, 0.15) is 7.43 Å². The van der Waals surface area contributed by atoms with Gasteiger partial charge in [-0.1, -0.05) is 133 Å². The minimum absolute atomic E-state index is 0. The summed E-state index contributed by atoms with van der Waals surface area (Å²) in [4.78, 5) is 14.6. The maximum Gasteiger partial charge on any atom is 0.164 e. The Kier molecular flexibility index (Phi) is 7.52. The van der Waals surface area contributed by atoms with Crippen LogP contribution < -0.4 is 0 Å². The van der Waals surface area contributed by atoms with E-state index in [-0.39, 0.29) is 7.43 Å². The SMILES string of the molecule is Brc1cccc(-c2cccc(-c3cccc(-c4nc(-c5ccccc5)nc(-c5ccccc5)n4)c3)c2)c1.C. The Bertz CT molecular complexity index is 1620. The van der Waals surface area contributed by atoms with Crippen molar-refractivity contribution in [2.75, 3.05) is 0 Å². The molecular weight excluding hydrogens is 530 g/mol. The van der Waals surface area contributed by atoms with Crippen LogP contribution in [-0.2, 0) is 0 Å². The Hall–Kier alpha value is -4.41. The molecule has 6 aromatic rings. The van der Waals surface area contributed by atoms with Crippen LogP contribution >= 0.6 is 15.9 Å². The first-order chi connectivity index (χ1) is 18.2. The maximum absolute atomic E-state index is 4.88. The van der Waals surface area contributed by atoms with Crippen LogP contribution in [0.5, 0.6) is 0 Å². The van der Waals surface area contributed by atoms with Crippen LogP contribution in [-0.4, -0.2) is 15.0 Å². The second-order valence-corrected chi connectivity index (χ2v) is 9.63. The summed E-state index contributed by atoms with van der Waals surface area (Å²) in [5.74, 6) is 1.97. The lowest BCUT2D eigenvalue weighted by atomic mass is 9.98. The van der Waals surface area contributed by atoms with E-state index in [9.17, 15) is 0 Å². The molecule has 6 rings (SSSR count). The van der Waals surface area contributed by atoms with Gasteiger partial charge in [0.1, 0.15) is 0 Å². The van der Waals surface area contributed by atoms with Gasteiger partial charge < -0.3 is 0 Å². The van der Waals surface area contributed by atoms with Crippen LogP contribution in [0.15, 0.2) is 138 Å². The lowest BCUT2D eigenvalue weighted by Crippen LogP contribution is -2.00. The van der Waals surface area contributed by atoms with Gasteiger partial charge in [0.15, 0.2) is 17.5 Å². The molecule has 0 aliphatic rings. The number of hydrogen-bond donors (Lipinski definition) is 0. The first-order valence-electron chi connectivity index (χ1n) is 12.1. The zero-order chi connectivity index (χ0) is 25.0. The number of hydrogen-bond acceptors (Lipinski definition) is 3. The van der Waals surface area contributed by atoms with Gasteiger partial charge >= 0.3 is 0 Å². The molecule has 4 heteroatoms. The molecule has 5 aromatic carbocycles. The van der Waals surface area contributed by atoms with Gasteiger partial charge in [-0.25, -0.2) is 15.0 Å². The highest BCUT2D eigenvalue weighted by Gasteiger charge is 2.13. The summed E-state index contributed by atoms with van der Waals surface area (Å²) in [7, 11) is 0. The zero-order valence-corrected chi connectivity index (χ0v) is 21.5. The third-order valence-corrected chi connectivity index (χ3v) is 6.67. The predicted octanol–water partition coefficient (Wildman–Crippen LogP) is 9.61. The molecular formula is C34H26BrN3. The van der Waals surface area contributed by atoms with Gasteiger partial charge in [-0.15, -0.1) is 0 Å². The molecule has 3 nitrogen and oxygen atoms in total. The summed E-state index contributed by atoms with van der Waals surface area (Å²) in [6.07, 6.45) is 0. The molecule has 1 heterocycles. The Morgan fingerprint density at radius 3 is 1.16 bits per heavy atom. The van der Waals surface area contributed by atoms with Crippen molar-refractivity contribution < 1.29 is 0 Å². The fourth-order valence-electron chi connectivity index (χ4n) is 4.32. The highest BCUT2D eigenvalue weighted by atomic mass is 79.9. The van der Waals surface area contributed by atoms with Crippen LogP contribution in [0.25, 0.3) is 56.4 Å². The first kappa shape index (κ1) is 25.2. The van der Waals surface area contributed by atoms with Crippen molar-refractivity contribution in [2.45, 2.75) is 7.43 Å². The van der Waals surface area contributed by atoms with Gasteiger partial charge in [0.2, 0.25) is 0 Å². The number of halogens is 1. The van der Waals surface area contributed by atoms with Gasteiger partial charge in [0.25, 0.3) is 0 Å². The molecule has 184 valence electrons. The van der Waals surface area contributed by atoms with Gasteiger partial charge in [-0.2, -0.15) is 0 Å². The molecule has 0 N–H and O–H groups in total. The zero-order valence-electron chi connectivity index (χ0n) is 19.9. The predicted molar refractivity (Wildman–Crippen MR) is 161 cm³/mol. The van der Waals surface area contributed by atoms with Gasteiger partial charge in [-0.05, 0) is 46.5 Å². The quantitative estimate of drug-likeness (QED) is 0.212. The van der Waals surface area contributed by atoms with Crippen LogP contribution in [0, 0.1) is 0 Å². The minimum atomic E-state index is 0. The molecule has 38 heavy (non-hydrogen) atoms. The molecule has 1 aromatic heterocycles.